The normalized spacial score (nSPS) is 21.4. The van der Waals surface area contributed by atoms with E-state index in [9.17, 15) is 0 Å². The van der Waals surface area contributed by atoms with Crippen molar-refractivity contribution < 1.29 is 0 Å². The fourth-order valence-corrected chi connectivity index (χ4v) is 11.4. The summed E-state index contributed by atoms with van der Waals surface area (Å²) in [6.45, 7) is 8.99. The lowest BCUT2D eigenvalue weighted by atomic mass is 9.79. The highest BCUT2D eigenvalue weighted by Crippen LogP contribution is 2.55. The Bertz CT molecular complexity index is 3450. The van der Waals surface area contributed by atoms with E-state index < -0.39 is 0 Å². The second-order valence-corrected chi connectivity index (χ2v) is 19.1. The van der Waals surface area contributed by atoms with Crippen LogP contribution >= 0.6 is 0 Å². The molecule has 0 amide bonds. The smallest absolute Gasteiger partial charge is 0.102 e. The van der Waals surface area contributed by atoms with Gasteiger partial charge in [-0.15, -0.1) is 0 Å². The monoisotopic (exact) mass is 878 g/mol. The van der Waals surface area contributed by atoms with E-state index in [2.05, 4.69) is 277 Å². The molecule has 4 heteroatoms. The third kappa shape index (κ3) is 7.01. The predicted molar refractivity (Wildman–Crippen MR) is 286 cm³/mol. The van der Waals surface area contributed by atoms with E-state index in [-0.39, 0.29) is 29.5 Å². The molecule has 0 saturated carbocycles. The van der Waals surface area contributed by atoms with Gasteiger partial charge in [0.2, 0.25) is 0 Å². The molecular formula is C64H54N4. The van der Waals surface area contributed by atoms with Crippen LogP contribution < -0.4 is 14.7 Å². The molecule has 0 radical (unpaired) electrons. The zero-order valence-electron chi connectivity index (χ0n) is 39.1. The number of allylic oxidation sites excluding steroid dienone is 4. The molecule has 0 bridgehead atoms. The summed E-state index contributed by atoms with van der Waals surface area (Å²) >= 11 is 0. The van der Waals surface area contributed by atoms with Crippen LogP contribution in [0.2, 0.25) is 0 Å². The van der Waals surface area contributed by atoms with Crippen molar-refractivity contribution in [1.29, 1.82) is 0 Å². The van der Waals surface area contributed by atoms with Crippen LogP contribution in [0.5, 0.6) is 0 Å². The maximum atomic E-state index is 3.68. The molecule has 0 saturated heterocycles. The van der Waals surface area contributed by atoms with E-state index in [1.807, 2.05) is 0 Å². The van der Waals surface area contributed by atoms with Gasteiger partial charge in [0.05, 0.1) is 22.6 Å². The Morgan fingerprint density at radius 2 is 1.24 bits per heavy atom. The molecule has 4 aliphatic rings. The van der Waals surface area contributed by atoms with Crippen molar-refractivity contribution in [3.05, 3.63) is 241 Å². The Kier molecular flexibility index (Phi) is 10.2. The molecule has 0 fully saturated rings. The average Bonchev–Trinajstić information content (AvgIpc) is 3.85. The number of anilines is 5. The van der Waals surface area contributed by atoms with Gasteiger partial charge in [-0.3, -0.25) is 0 Å². The molecular weight excluding hydrogens is 825 g/mol. The summed E-state index contributed by atoms with van der Waals surface area (Å²) in [5.41, 5.74) is 16.6. The number of benzene rings is 7. The molecule has 1 aromatic heterocycles. The van der Waals surface area contributed by atoms with Crippen LogP contribution in [0, 0.1) is 17.8 Å². The second-order valence-electron chi connectivity index (χ2n) is 19.1. The molecule has 0 spiro atoms. The highest BCUT2D eigenvalue weighted by molar-refractivity contribution is 6.10. The van der Waals surface area contributed by atoms with Gasteiger partial charge in [-0.05, 0) is 134 Å². The third-order valence-corrected chi connectivity index (χ3v) is 14.7. The van der Waals surface area contributed by atoms with Crippen LogP contribution in [0.25, 0.3) is 38.6 Å². The number of aromatic nitrogens is 1. The standard InChI is InChI=1S/C64H54N4/c1-44-23-30-50(31-24-44)65(54-36-38-62-58(42-54)56-19-11-13-21-61(56)67(62)49-15-7-5-8-16-49)51-32-26-47(27-33-51)48-28-34-52(35-29-48)66(60-37-25-45(2)41-46(60)3)55-39-40-64(4)59(43-55)57-20-12-14-22-63(57)68(64)53-17-9-6-10-18-53/h5-24,26-30,32-36,38-43,46,50,59-60H,31H2,1-4H3. The fraction of sp³-hybridized carbons (Fsp3) is 0.156. The first kappa shape index (κ1) is 41.4. The van der Waals surface area contributed by atoms with Crippen LogP contribution in [0.4, 0.5) is 28.4 Å². The van der Waals surface area contributed by atoms with Gasteiger partial charge in [0.1, 0.15) is 6.04 Å². The maximum Gasteiger partial charge on any atom is 0.102 e. The third-order valence-electron chi connectivity index (χ3n) is 14.7. The Morgan fingerprint density at radius 1 is 0.603 bits per heavy atom. The van der Waals surface area contributed by atoms with Gasteiger partial charge in [-0.1, -0.05) is 158 Å². The van der Waals surface area contributed by atoms with E-state index in [0.29, 0.717) is 0 Å². The highest BCUT2D eigenvalue weighted by atomic mass is 15.2. The van der Waals surface area contributed by atoms with Crippen molar-refractivity contribution in [2.24, 2.45) is 5.92 Å². The highest BCUT2D eigenvalue weighted by Gasteiger charge is 2.48. The molecule has 7 aromatic carbocycles. The molecule has 8 aromatic rings. The molecule has 5 atom stereocenters. The van der Waals surface area contributed by atoms with E-state index >= 15 is 0 Å². The minimum absolute atomic E-state index is 0.0153. The lowest BCUT2D eigenvalue weighted by Crippen LogP contribution is -2.45. The number of hydrogen-bond donors (Lipinski definition) is 0. The van der Waals surface area contributed by atoms with Crippen LogP contribution in [0.3, 0.4) is 0 Å². The zero-order valence-corrected chi connectivity index (χ0v) is 39.1. The molecule has 1 aliphatic heterocycles. The topological polar surface area (TPSA) is 14.7 Å². The largest absolute Gasteiger partial charge is 0.334 e. The molecule has 3 aliphatic carbocycles. The number of rotatable bonds is 9. The Hall–Kier alpha value is -8.00. The van der Waals surface area contributed by atoms with Gasteiger partial charge in [0.15, 0.2) is 0 Å². The summed E-state index contributed by atoms with van der Waals surface area (Å²) < 4.78 is 2.39. The summed E-state index contributed by atoms with van der Waals surface area (Å²) in [7, 11) is 0. The molecule has 0 N–H and O–H groups in total. The molecule has 4 nitrogen and oxygen atoms in total. The minimum atomic E-state index is -0.259. The lowest BCUT2D eigenvalue weighted by molar-refractivity contribution is 0.532. The van der Waals surface area contributed by atoms with Gasteiger partial charge in [-0.25, -0.2) is 0 Å². The van der Waals surface area contributed by atoms with Crippen LogP contribution in [-0.2, 0) is 0 Å². The zero-order chi connectivity index (χ0) is 45.9. The molecule has 2 heterocycles. The number of nitrogens with zero attached hydrogens (tertiary/aromatic N) is 4. The van der Waals surface area contributed by atoms with Crippen LogP contribution in [0.15, 0.2) is 235 Å². The van der Waals surface area contributed by atoms with Crippen LogP contribution in [0.1, 0.15) is 45.6 Å². The summed E-state index contributed by atoms with van der Waals surface area (Å²) in [5, 5.41) is 2.50. The molecule has 68 heavy (non-hydrogen) atoms. The van der Waals surface area contributed by atoms with Gasteiger partial charge in [0, 0.05) is 62.4 Å². The molecule has 12 rings (SSSR count). The van der Waals surface area contributed by atoms with Crippen molar-refractivity contribution in [2.75, 3.05) is 14.7 Å². The summed E-state index contributed by atoms with van der Waals surface area (Å²) in [4.78, 5) is 7.51. The minimum Gasteiger partial charge on any atom is -0.334 e. The van der Waals surface area contributed by atoms with E-state index in [1.54, 1.807) is 0 Å². The van der Waals surface area contributed by atoms with Gasteiger partial charge < -0.3 is 19.3 Å². The van der Waals surface area contributed by atoms with E-state index in [4.69, 9.17) is 0 Å². The van der Waals surface area contributed by atoms with Gasteiger partial charge in [0.25, 0.3) is 0 Å². The quantitative estimate of drug-likeness (QED) is 0.134. The average molecular weight is 879 g/mol. The Balaban J connectivity index is 0.886. The van der Waals surface area contributed by atoms with Gasteiger partial charge >= 0.3 is 0 Å². The van der Waals surface area contributed by atoms with Crippen LogP contribution in [-0.4, -0.2) is 22.2 Å². The van der Waals surface area contributed by atoms with E-state index in [0.717, 1.165) is 17.7 Å². The first-order valence-corrected chi connectivity index (χ1v) is 24.1. The van der Waals surface area contributed by atoms with Crippen molar-refractivity contribution >= 4 is 50.2 Å². The van der Waals surface area contributed by atoms with E-state index in [1.165, 1.54) is 78.2 Å². The first-order chi connectivity index (χ1) is 33.3. The SMILES string of the molecule is CC1=CC(C)C(N(C2=CC3c4ccccc4N(c4ccccc4)C3(C)C=C2)c2ccc(-c3ccc(N(c4ccc5c(c4)c4ccccc4n5-c4ccccc4)C4C=CC(C)=CC4)cc3)cc2)C#C1. The summed E-state index contributed by atoms with van der Waals surface area (Å²) in [6, 6.07) is 64.7. The second kappa shape index (κ2) is 16.7. The number of hydrogen-bond acceptors (Lipinski definition) is 3. The molecule has 330 valence electrons. The maximum absolute atomic E-state index is 3.68. The van der Waals surface area contributed by atoms with Gasteiger partial charge in [-0.2, -0.15) is 0 Å². The summed E-state index contributed by atoms with van der Waals surface area (Å²) in [5.74, 6) is 7.54. The van der Waals surface area contributed by atoms with Crippen molar-refractivity contribution in [3.63, 3.8) is 0 Å². The lowest BCUT2D eigenvalue weighted by Gasteiger charge is -2.42. The summed E-state index contributed by atoms with van der Waals surface area (Å²) in [6.07, 6.45) is 17.5. The van der Waals surface area contributed by atoms with Crippen molar-refractivity contribution in [1.82, 2.24) is 4.57 Å². The first-order valence-electron chi connectivity index (χ1n) is 24.1. The number of para-hydroxylation sites is 4. The Morgan fingerprint density at radius 3 is 1.94 bits per heavy atom. The van der Waals surface area contributed by atoms with Crippen molar-refractivity contribution in [3.8, 4) is 28.7 Å². The van der Waals surface area contributed by atoms with Crippen molar-refractivity contribution in [2.45, 2.75) is 57.7 Å². The fourth-order valence-electron chi connectivity index (χ4n) is 11.4. The molecule has 5 unspecified atom stereocenters. The predicted octanol–water partition coefficient (Wildman–Crippen LogP) is 15.8. The number of fused-ring (bicyclic) bond motifs is 6. The Labute approximate surface area is 400 Å².